The van der Waals surface area contributed by atoms with Crippen LogP contribution in [0.5, 0.6) is 5.75 Å². The van der Waals surface area contributed by atoms with Crippen molar-refractivity contribution in [2.75, 3.05) is 6.54 Å². The molecule has 0 spiro atoms. The molecule has 7 nitrogen and oxygen atoms in total. The molecule has 0 saturated heterocycles. The van der Waals surface area contributed by atoms with E-state index < -0.39 is 41.1 Å². The maximum atomic E-state index is 14.2. The molecule has 4 aromatic rings. The fourth-order valence-electron chi connectivity index (χ4n) is 5.79. The highest BCUT2D eigenvalue weighted by molar-refractivity contribution is 5.92. The second kappa shape index (κ2) is 13.9. The van der Waals surface area contributed by atoms with Crippen LogP contribution in [0.3, 0.4) is 0 Å². The van der Waals surface area contributed by atoms with E-state index in [0.717, 1.165) is 28.8 Å². The van der Waals surface area contributed by atoms with Crippen LogP contribution in [0.2, 0.25) is 0 Å². The predicted molar refractivity (Wildman–Crippen MR) is 175 cm³/mol. The van der Waals surface area contributed by atoms with Gasteiger partial charge in [-0.2, -0.15) is 13.2 Å². The van der Waals surface area contributed by atoms with Crippen molar-refractivity contribution in [2.45, 2.75) is 58.5 Å². The fraction of sp³-hybridized carbons (Fsp3) is 0.289. The Hall–Kier alpha value is -5.12. The number of halogens is 3. The van der Waals surface area contributed by atoms with E-state index in [9.17, 15) is 32.7 Å². The number of alkyl halides is 3. The van der Waals surface area contributed by atoms with Crippen LogP contribution in [0.25, 0.3) is 11.1 Å². The number of ether oxygens (including phenoxy) is 1. The van der Waals surface area contributed by atoms with Gasteiger partial charge in [0.25, 0.3) is 0 Å². The number of carboxylic acid groups (broad SMARTS) is 1. The van der Waals surface area contributed by atoms with Crippen molar-refractivity contribution in [3.8, 4) is 16.9 Å². The van der Waals surface area contributed by atoms with Gasteiger partial charge in [0.1, 0.15) is 18.4 Å². The number of nitrogens with zero attached hydrogens (tertiary/aromatic N) is 1. The van der Waals surface area contributed by atoms with Crippen LogP contribution in [0.4, 0.5) is 13.2 Å². The molecule has 1 aliphatic rings. The van der Waals surface area contributed by atoms with Crippen molar-refractivity contribution in [2.24, 2.45) is 5.41 Å². The second-order valence-corrected chi connectivity index (χ2v) is 12.9. The molecule has 0 aliphatic carbocycles. The van der Waals surface area contributed by atoms with Crippen LogP contribution in [0.15, 0.2) is 97.1 Å². The monoisotopic (exact) mass is 658 g/mol. The maximum Gasteiger partial charge on any atom is 0.416 e. The summed E-state index contributed by atoms with van der Waals surface area (Å²) in [7, 11) is 0. The maximum absolute atomic E-state index is 14.2. The van der Waals surface area contributed by atoms with Gasteiger partial charge in [0.05, 0.1) is 18.0 Å². The van der Waals surface area contributed by atoms with Crippen LogP contribution in [-0.2, 0) is 33.6 Å². The number of nitrogens with one attached hydrogen (secondary N) is 1. The second-order valence-electron chi connectivity index (χ2n) is 12.9. The lowest BCUT2D eigenvalue weighted by Gasteiger charge is -2.40. The zero-order valence-electron chi connectivity index (χ0n) is 26.9. The van der Waals surface area contributed by atoms with Crippen LogP contribution < -0.4 is 10.1 Å². The van der Waals surface area contributed by atoms with E-state index in [2.05, 4.69) is 5.32 Å². The Bertz CT molecular complexity index is 1770. The third-order valence-electron chi connectivity index (χ3n) is 8.30. The molecule has 4 aromatic carbocycles. The first kappa shape index (κ1) is 34.2. The van der Waals surface area contributed by atoms with E-state index in [4.69, 9.17) is 4.74 Å². The summed E-state index contributed by atoms with van der Waals surface area (Å²) in [6.07, 6.45) is -4.34. The molecule has 48 heavy (non-hydrogen) atoms. The number of rotatable bonds is 9. The van der Waals surface area contributed by atoms with E-state index in [0.29, 0.717) is 28.9 Å². The largest absolute Gasteiger partial charge is 0.489 e. The molecule has 0 radical (unpaired) electrons. The van der Waals surface area contributed by atoms with Crippen LogP contribution in [0.1, 0.15) is 67.1 Å². The van der Waals surface area contributed by atoms with E-state index in [1.54, 1.807) is 45.0 Å². The third-order valence-corrected chi connectivity index (χ3v) is 8.30. The number of aliphatic carboxylic acids is 1. The number of carbonyl (C=O) groups excluding carboxylic acids is 2. The van der Waals surface area contributed by atoms with E-state index >= 15 is 0 Å². The molecule has 2 atom stereocenters. The quantitative estimate of drug-likeness (QED) is 0.192. The Kier molecular flexibility index (Phi) is 9.93. The SMILES string of the molecule is CC(C)(C)C(=O)N1CCc2ccc(OCc3ccc(C(F)(F)F)cc3)cc2C1C(=O)NC(CC(=O)O)c1ccc(-c2ccccc2)cc1. The summed E-state index contributed by atoms with van der Waals surface area (Å²) >= 11 is 0. The minimum absolute atomic E-state index is 0.0158. The number of benzene rings is 4. The molecule has 5 rings (SSSR count). The molecule has 2 N–H and O–H groups in total. The van der Waals surface area contributed by atoms with Gasteiger partial charge in [0.15, 0.2) is 0 Å². The summed E-state index contributed by atoms with van der Waals surface area (Å²) < 4.78 is 44.9. The fourth-order valence-corrected chi connectivity index (χ4v) is 5.79. The summed E-state index contributed by atoms with van der Waals surface area (Å²) in [5, 5.41) is 12.7. The molecule has 1 heterocycles. The molecule has 0 fully saturated rings. The smallest absolute Gasteiger partial charge is 0.416 e. The van der Waals surface area contributed by atoms with Crippen molar-refractivity contribution in [3.63, 3.8) is 0 Å². The molecular weight excluding hydrogens is 621 g/mol. The van der Waals surface area contributed by atoms with Gasteiger partial charge in [-0.15, -0.1) is 0 Å². The van der Waals surface area contributed by atoms with Crippen molar-refractivity contribution in [1.82, 2.24) is 10.2 Å². The van der Waals surface area contributed by atoms with Crippen molar-refractivity contribution in [1.29, 1.82) is 0 Å². The van der Waals surface area contributed by atoms with E-state index in [1.807, 2.05) is 48.5 Å². The number of carbonyl (C=O) groups is 3. The molecule has 1 aliphatic heterocycles. The summed E-state index contributed by atoms with van der Waals surface area (Å²) in [5.41, 5.74) is 2.86. The van der Waals surface area contributed by atoms with Gasteiger partial charge in [-0.1, -0.05) is 93.6 Å². The lowest BCUT2D eigenvalue weighted by Crippen LogP contribution is -2.51. The summed E-state index contributed by atoms with van der Waals surface area (Å²) in [6, 6.07) is 24.9. The molecule has 0 saturated carbocycles. The Labute approximate surface area is 277 Å². The standard InChI is InChI=1S/C38H37F3N2O5/c1-37(2,3)36(47)43-20-19-27-15-18-30(48-23-24-9-16-29(17-10-24)38(39,40)41)21-31(27)34(43)35(46)42-32(22-33(44)45)28-13-11-26(12-14-28)25-7-5-4-6-8-25/h4-18,21,32,34H,19-20,22-23H2,1-3H3,(H,42,46)(H,44,45). The number of amides is 2. The van der Waals surface area contributed by atoms with Gasteiger partial charge in [-0.25, -0.2) is 0 Å². The highest BCUT2D eigenvalue weighted by Crippen LogP contribution is 2.37. The average Bonchev–Trinajstić information content (AvgIpc) is 3.05. The minimum Gasteiger partial charge on any atom is -0.489 e. The Morgan fingerprint density at radius 1 is 0.896 bits per heavy atom. The molecule has 10 heteroatoms. The van der Waals surface area contributed by atoms with Crippen LogP contribution >= 0.6 is 0 Å². The van der Waals surface area contributed by atoms with E-state index in [-0.39, 0.29) is 25.5 Å². The van der Waals surface area contributed by atoms with Gasteiger partial charge < -0.3 is 20.1 Å². The Balaban J connectivity index is 1.43. The molecule has 0 aromatic heterocycles. The van der Waals surface area contributed by atoms with Gasteiger partial charge in [-0.05, 0) is 64.1 Å². The highest BCUT2D eigenvalue weighted by atomic mass is 19.4. The topological polar surface area (TPSA) is 95.9 Å². The first-order chi connectivity index (χ1) is 22.7. The summed E-state index contributed by atoms with van der Waals surface area (Å²) in [5.74, 6) is -1.51. The van der Waals surface area contributed by atoms with Gasteiger partial charge in [-0.3, -0.25) is 14.4 Å². The number of carboxylic acids is 1. The van der Waals surface area contributed by atoms with Gasteiger partial charge in [0, 0.05) is 12.0 Å². The minimum atomic E-state index is -4.45. The zero-order chi connectivity index (χ0) is 34.6. The Morgan fingerprint density at radius 2 is 1.54 bits per heavy atom. The zero-order valence-corrected chi connectivity index (χ0v) is 26.9. The van der Waals surface area contributed by atoms with Crippen LogP contribution in [0, 0.1) is 5.41 Å². The van der Waals surface area contributed by atoms with Gasteiger partial charge in [0.2, 0.25) is 11.8 Å². The molecular formula is C38H37F3N2O5. The third kappa shape index (κ3) is 8.05. The summed E-state index contributed by atoms with van der Waals surface area (Å²) in [4.78, 5) is 41.4. The summed E-state index contributed by atoms with van der Waals surface area (Å²) in [6.45, 7) is 5.57. The first-order valence-electron chi connectivity index (χ1n) is 15.6. The number of fused-ring (bicyclic) bond motifs is 1. The first-order valence-corrected chi connectivity index (χ1v) is 15.6. The van der Waals surface area contributed by atoms with E-state index in [1.165, 1.54) is 17.0 Å². The number of hydrogen-bond donors (Lipinski definition) is 2. The number of hydrogen-bond acceptors (Lipinski definition) is 4. The molecule has 250 valence electrons. The normalized spacial score (nSPS) is 15.3. The highest BCUT2D eigenvalue weighted by Gasteiger charge is 2.41. The Morgan fingerprint density at radius 3 is 2.15 bits per heavy atom. The molecule has 2 unspecified atom stereocenters. The lowest BCUT2D eigenvalue weighted by atomic mass is 9.87. The van der Waals surface area contributed by atoms with Crippen molar-refractivity contribution >= 4 is 17.8 Å². The lowest BCUT2D eigenvalue weighted by molar-refractivity contribution is -0.148. The van der Waals surface area contributed by atoms with Crippen molar-refractivity contribution < 1.29 is 37.4 Å². The van der Waals surface area contributed by atoms with Crippen molar-refractivity contribution in [3.05, 3.63) is 125 Å². The predicted octanol–water partition coefficient (Wildman–Crippen LogP) is 7.76. The molecule has 2 amide bonds. The van der Waals surface area contributed by atoms with Gasteiger partial charge >= 0.3 is 12.1 Å². The average molecular weight is 659 g/mol. The van der Waals surface area contributed by atoms with Crippen LogP contribution in [-0.4, -0.2) is 34.3 Å². The molecule has 0 bridgehead atoms.